The molecule has 0 aromatic carbocycles. The second kappa shape index (κ2) is 7.59. The lowest BCUT2D eigenvalue weighted by molar-refractivity contribution is 0.285. The maximum absolute atomic E-state index is 6.19. The molecule has 1 heterocycles. The van der Waals surface area contributed by atoms with Crippen LogP contribution in [0.25, 0.3) is 0 Å². The first kappa shape index (κ1) is 15.3. The molecule has 102 valence electrons. The Bertz CT molecular complexity index is 366. The van der Waals surface area contributed by atoms with Crippen LogP contribution in [-0.4, -0.2) is 30.0 Å². The highest BCUT2D eigenvalue weighted by atomic mass is 35.5. The van der Waals surface area contributed by atoms with Crippen LogP contribution in [-0.2, 0) is 6.54 Å². The van der Waals surface area contributed by atoms with Gasteiger partial charge in [0.05, 0.1) is 10.7 Å². The second-order valence-corrected chi connectivity index (χ2v) is 5.55. The van der Waals surface area contributed by atoms with E-state index in [4.69, 9.17) is 11.6 Å². The molecule has 0 fully saturated rings. The van der Waals surface area contributed by atoms with Crippen molar-refractivity contribution in [2.24, 2.45) is 5.92 Å². The van der Waals surface area contributed by atoms with Crippen LogP contribution in [0.15, 0.2) is 12.1 Å². The molecule has 18 heavy (non-hydrogen) atoms. The van der Waals surface area contributed by atoms with Crippen molar-refractivity contribution in [2.75, 3.05) is 25.5 Å². The third-order valence-electron chi connectivity index (χ3n) is 2.57. The normalized spacial score (nSPS) is 11.3. The molecule has 1 N–H and O–H groups in total. The summed E-state index contributed by atoms with van der Waals surface area (Å²) in [6, 6.07) is 3.86. The van der Waals surface area contributed by atoms with Gasteiger partial charge in [-0.25, -0.2) is 4.98 Å². The van der Waals surface area contributed by atoms with Crippen LogP contribution in [0.1, 0.15) is 32.9 Å². The number of rotatable bonds is 7. The minimum absolute atomic E-state index is 0.648. The van der Waals surface area contributed by atoms with Gasteiger partial charge in [-0.3, -0.25) is 0 Å². The van der Waals surface area contributed by atoms with Crippen molar-refractivity contribution in [3.63, 3.8) is 0 Å². The predicted molar refractivity (Wildman–Crippen MR) is 79.2 cm³/mol. The smallest absolute Gasteiger partial charge is 0.126 e. The summed E-state index contributed by atoms with van der Waals surface area (Å²) in [5, 5.41) is 4.03. The first-order valence-corrected chi connectivity index (χ1v) is 6.98. The van der Waals surface area contributed by atoms with Crippen LogP contribution in [0.5, 0.6) is 0 Å². The van der Waals surface area contributed by atoms with Crippen molar-refractivity contribution in [3.05, 3.63) is 22.8 Å². The summed E-state index contributed by atoms with van der Waals surface area (Å²) in [4.78, 5) is 6.82. The van der Waals surface area contributed by atoms with E-state index in [1.807, 2.05) is 12.1 Å². The van der Waals surface area contributed by atoms with E-state index in [1.54, 1.807) is 0 Å². The third-order valence-corrected chi connectivity index (χ3v) is 2.92. The average Bonchev–Trinajstić information content (AvgIpc) is 2.29. The molecule has 0 radical (unpaired) electrons. The molecule has 0 unspecified atom stereocenters. The molecule has 0 atom stereocenters. The molecule has 3 nitrogen and oxygen atoms in total. The zero-order valence-corrected chi connectivity index (χ0v) is 12.6. The maximum atomic E-state index is 6.19. The summed E-state index contributed by atoms with van der Waals surface area (Å²) in [6.45, 7) is 9.34. The number of aromatic nitrogens is 1. The monoisotopic (exact) mass is 269 g/mol. The second-order valence-electron chi connectivity index (χ2n) is 5.14. The zero-order valence-electron chi connectivity index (χ0n) is 11.8. The number of halogens is 1. The van der Waals surface area contributed by atoms with Crippen LogP contribution < -0.4 is 5.32 Å². The first-order chi connectivity index (χ1) is 8.52. The minimum Gasteiger partial charge on any atom is -0.370 e. The molecular formula is C14H24ClN3. The van der Waals surface area contributed by atoms with E-state index in [9.17, 15) is 0 Å². The van der Waals surface area contributed by atoms with E-state index in [0.29, 0.717) is 5.92 Å². The highest BCUT2D eigenvalue weighted by Crippen LogP contribution is 2.18. The number of anilines is 1. The van der Waals surface area contributed by atoms with Crippen molar-refractivity contribution < 1.29 is 0 Å². The summed E-state index contributed by atoms with van der Waals surface area (Å²) in [6.07, 6.45) is 1.09. The Labute approximate surface area is 116 Å². The third kappa shape index (κ3) is 5.23. The molecule has 0 amide bonds. The minimum atomic E-state index is 0.648. The van der Waals surface area contributed by atoms with Crippen molar-refractivity contribution in [2.45, 2.75) is 33.7 Å². The molecular weight excluding hydrogens is 246 g/mol. The predicted octanol–water partition coefficient (Wildman–Crippen LogP) is 3.64. The van der Waals surface area contributed by atoms with Gasteiger partial charge in [-0.1, -0.05) is 32.4 Å². The Balaban J connectivity index is 2.68. The number of hydrogen-bond acceptors (Lipinski definition) is 3. The number of nitrogens with one attached hydrogen (secondary N) is 1. The van der Waals surface area contributed by atoms with Gasteiger partial charge in [0.2, 0.25) is 0 Å². The van der Waals surface area contributed by atoms with E-state index >= 15 is 0 Å². The van der Waals surface area contributed by atoms with E-state index in [0.717, 1.165) is 42.6 Å². The van der Waals surface area contributed by atoms with Crippen LogP contribution >= 0.6 is 11.6 Å². The molecule has 4 heteroatoms. The van der Waals surface area contributed by atoms with Gasteiger partial charge in [0.1, 0.15) is 5.82 Å². The first-order valence-electron chi connectivity index (χ1n) is 6.60. The van der Waals surface area contributed by atoms with E-state index in [1.165, 1.54) is 0 Å². The summed E-state index contributed by atoms with van der Waals surface area (Å²) in [5.41, 5.74) is 0.945. The van der Waals surface area contributed by atoms with Crippen LogP contribution in [0, 0.1) is 5.92 Å². The molecule has 0 bridgehead atoms. The molecule has 0 aliphatic carbocycles. The SMILES string of the molecule is CCCNc1ccc(Cl)c(CN(C)CC(C)C)n1. The van der Waals surface area contributed by atoms with E-state index < -0.39 is 0 Å². The maximum Gasteiger partial charge on any atom is 0.126 e. The molecule has 0 aliphatic rings. The average molecular weight is 270 g/mol. The summed E-state index contributed by atoms with van der Waals surface area (Å²) in [7, 11) is 2.10. The lowest BCUT2D eigenvalue weighted by atomic mass is 10.2. The number of pyridine rings is 1. The van der Waals surface area contributed by atoms with Crippen molar-refractivity contribution in [3.8, 4) is 0 Å². The van der Waals surface area contributed by atoms with Gasteiger partial charge in [-0.2, -0.15) is 0 Å². The lowest BCUT2D eigenvalue weighted by Crippen LogP contribution is -2.23. The van der Waals surface area contributed by atoms with Crippen molar-refractivity contribution in [1.82, 2.24) is 9.88 Å². The van der Waals surface area contributed by atoms with Gasteiger partial charge in [0.15, 0.2) is 0 Å². The Hall–Kier alpha value is -0.800. The van der Waals surface area contributed by atoms with Gasteiger partial charge in [0.25, 0.3) is 0 Å². The van der Waals surface area contributed by atoms with Crippen molar-refractivity contribution in [1.29, 1.82) is 0 Å². The fourth-order valence-electron chi connectivity index (χ4n) is 1.89. The Morgan fingerprint density at radius 1 is 1.39 bits per heavy atom. The van der Waals surface area contributed by atoms with Crippen LogP contribution in [0.2, 0.25) is 5.02 Å². The molecule has 0 spiro atoms. The molecule has 1 aromatic heterocycles. The molecule has 0 aliphatic heterocycles. The molecule has 1 rings (SSSR count). The summed E-state index contributed by atoms with van der Waals surface area (Å²) >= 11 is 6.19. The van der Waals surface area contributed by atoms with Gasteiger partial charge < -0.3 is 10.2 Å². The Kier molecular flexibility index (Phi) is 6.44. The zero-order chi connectivity index (χ0) is 13.5. The fraction of sp³-hybridized carbons (Fsp3) is 0.643. The van der Waals surface area contributed by atoms with Crippen LogP contribution in [0.4, 0.5) is 5.82 Å². The molecule has 0 saturated heterocycles. The Morgan fingerprint density at radius 2 is 2.11 bits per heavy atom. The Morgan fingerprint density at radius 3 is 2.72 bits per heavy atom. The molecule has 1 aromatic rings. The highest BCUT2D eigenvalue weighted by molar-refractivity contribution is 6.31. The number of hydrogen-bond donors (Lipinski definition) is 1. The van der Waals surface area contributed by atoms with Crippen LogP contribution in [0.3, 0.4) is 0 Å². The standard InChI is InChI=1S/C14H24ClN3/c1-5-8-16-14-7-6-12(15)13(17-14)10-18(4)9-11(2)3/h6-7,11H,5,8-10H2,1-4H3,(H,16,17). The van der Waals surface area contributed by atoms with E-state index in [2.05, 4.69) is 43.0 Å². The quantitative estimate of drug-likeness (QED) is 0.819. The number of nitrogens with zero attached hydrogens (tertiary/aromatic N) is 2. The van der Waals surface area contributed by atoms with Crippen molar-refractivity contribution >= 4 is 17.4 Å². The summed E-state index contributed by atoms with van der Waals surface area (Å²) < 4.78 is 0. The van der Waals surface area contributed by atoms with Gasteiger partial charge in [-0.05, 0) is 31.5 Å². The van der Waals surface area contributed by atoms with E-state index in [-0.39, 0.29) is 0 Å². The largest absolute Gasteiger partial charge is 0.370 e. The van der Waals surface area contributed by atoms with Gasteiger partial charge in [0, 0.05) is 19.6 Å². The highest BCUT2D eigenvalue weighted by Gasteiger charge is 2.08. The fourth-order valence-corrected chi connectivity index (χ4v) is 2.06. The van der Waals surface area contributed by atoms with Gasteiger partial charge >= 0.3 is 0 Å². The lowest BCUT2D eigenvalue weighted by Gasteiger charge is -2.19. The molecule has 0 saturated carbocycles. The summed E-state index contributed by atoms with van der Waals surface area (Å²) in [5.74, 6) is 1.56. The topological polar surface area (TPSA) is 28.2 Å². The van der Waals surface area contributed by atoms with Gasteiger partial charge in [-0.15, -0.1) is 0 Å².